The number of nitrogens with one attached hydrogen (secondary N) is 1. The van der Waals surface area contributed by atoms with Crippen LogP contribution in [-0.2, 0) is 0 Å². The van der Waals surface area contributed by atoms with Crippen LogP contribution >= 0.6 is 0 Å². The summed E-state index contributed by atoms with van der Waals surface area (Å²) < 4.78 is 0. The first kappa shape index (κ1) is 10.3. The third-order valence-electron chi connectivity index (χ3n) is 3.47. The number of hydrogen-bond donors (Lipinski definition) is 1. The Balaban J connectivity index is 2.54. The fraction of sp³-hybridized carbons (Fsp3) is 0.583. The molecule has 1 aliphatic rings. The normalized spacial score (nSPS) is 23.9. The summed E-state index contributed by atoms with van der Waals surface area (Å²) in [7, 11) is 2.11. The molecular formula is C12H19N3. The molecule has 0 bridgehead atoms. The largest absolute Gasteiger partial charge is 0.360 e. The topological polar surface area (TPSA) is 28.2 Å². The van der Waals surface area contributed by atoms with Crippen LogP contribution in [-0.4, -0.2) is 17.7 Å². The number of rotatable bonds is 1. The van der Waals surface area contributed by atoms with Gasteiger partial charge in [0.1, 0.15) is 5.66 Å². The van der Waals surface area contributed by atoms with Gasteiger partial charge < -0.3 is 10.2 Å². The summed E-state index contributed by atoms with van der Waals surface area (Å²) in [6.07, 6.45) is 1.05. The minimum Gasteiger partial charge on any atom is -0.360 e. The molecule has 1 N–H and O–H groups in total. The van der Waals surface area contributed by atoms with Gasteiger partial charge in [-0.25, -0.2) is 4.98 Å². The molecule has 0 amide bonds. The molecule has 2 heterocycles. The molecular weight excluding hydrogens is 186 g/mol. The molecule has 1 aromatic heterocycles. The van der Waals surface area contributed by atoms with Gasteiger partial charge in [0.2, 0.25) is 0 Å². The monoisotopic (exact) mass is 205 g/mol. The maximum atomic E-state index is 4.60. The van der Waals surface area contributed by atoms with Crippen LogP contribution < -0.4 is 10.2 Å². The molecule has 0 aliphatic carbocycles. The molecule has 0 spiro atoms. The zero-order chi connectivity index (χ0) is 11.2. The Morgan fingerprint density at radius 1 is 1.47 bits per heavy atom. The summed E-state index contributed by atoms with van der Waals surface area (Å²) in [5.41, 5.74) is 3.56. The Labute approximate surface area is 91.5 Å². The first-order chi connectivity index (χ1) is 6.98. The number of aromatic nitrogens is 1. The maximum absolute atomic E-state index is 4.60. The van der Waals surface area contributed by atoms with Gasteiger partial charge in [-0.05, 0) is 38.8 Å². The molecule has 1 atom stereocenters. The van der Waals surface area contributed by atoms with Gasteiger partial charge >= 0.3 is 0 Å². The quantitative estimate of drug-likeness (QED) is 0.764. The Morgan fingerprint density at radius 3 is 2.73 bits per heavy atom. The molecule has 82 valence electrons. The lowest BCUT2D eigenvalue weighted by atomic mass is 10.1. The highest BCUT2D eigenvalue weighted by Gasteiger charge is 2.37. The standard InChI is InChI=1S/C12H19N3/c1-6-12(4)14-10-8(2)7-9(3)13-11(10)15(12)5/h7,14H,6H2,1-5H3. The van der Waals surface area contributed by atoms with Crippen molar-refractivity contribution in [2.24, 2.45) is 0 Å². The number of pyridine rings is 1. The van der Waals surface area contributed by atoms with Crippen molar-refractivity contribution in [1.82, 2.24) is 4.98 Å². The average Bonchev–Trinajstić information content (AvgIpc) is 2.43. The van der Waals surface area contributed by atoms with E-state index in [1.54, 1.807) is 0 Å². The SMILES string of the molecule is CCC1(C)Nc2c(C)cc(C)nc2N1C. The fourth-order valence-corrected chi connectivity index (χ4v) is 2.13. The van der Waals surface area contributed by atoms with Crippen LogP contribution in [0.5, 0.6) is 0 Å². The lowest BCUT2D eigenvalue weighted by Crippen LogP contribution is -2.45. The predicted octanol–water partition coefficient (Wildman–Crippen LogP) is 2.69. The molecule has 0 saturated carbocycles. The average molecular weight is 205 g/mol. The molecule has 15 heavy (non-hydrogen) atoms. The molecule has 0 saturated heterocycles. The van der Waals surface area contributed by atoms with Crippen LogP contribution in [0.3, 0.4) is 0 Å². The van der Waals surface area contributed by atoms with Crippen molar-refractivity contribution in [3.05, 3.63) is 17.3 Å². The number of fused-ring (bicyclic) bond motifs is 1. The first-order valence-electron chi connectivity index (χ1n) is 5.48. The van der Waals surface area contributed by atoms with Crippen molar-refractivity contribution < 1.29 is 0 Å². The zero-order valence-electron chi connectivity index (χ0n) is 10.2. The van der Waals surface area contributed by atoms with Crippen molar-refractivity contribution >= 4 is 11.5 Å². The van der Waals surface area contributed by atoms with Gasteiger partial charge in [-0.3, -0.25) is 0 Å². The smallest absolute Gasteiger partial charge is 0.154 e. The highest BCUT2D eigenvalue weighted by atomic mass is 15.4. The Bertz CT molecular complexity index is 400. The van der Waals surface area contributed by atoms with Crippen molar-refractivity contribution in [1.29, 1.82) is 0 Å². The molecule has 0 aromatic carbocycles. The summed E-state index contributed by atoms with van der Waals surface area (Å²) in [6.45, 7) is 8.58. The second kappa shape index (κ2) is 3.12. The van der Waals surface area contributed by atoms with E-state index in [0.717, 1.165) is 17.9 Å². The number of hydrogen-bond acceptors (Lipinski definition) is 3. The van der Waals surface area contributed by atoms with Gasteiger partial charge in [-0.1, -0.05) is 6.92 Å². The van der Waals surface area contributed by atoms with Gasteiger partial charge in [-0.2, -0.15) is 0 Å². The van der Waals surface area contributed by atoms with E-state index in [2.05, 4.69) is 49.1 Å². The van der Waals surface area contributed by atoms with Gasteiger partial charge in [0.25, 0.3) is 0 Å². The minimum absolute atomic E-state index is 0.00782. The van der Waals surface area contributed by atoms with E-state index in [4.69, 9.17) is 0 Å². The third kappa shape index (κ3) is 1.37. The summed E-state index contributed by atoms with van der Waals surface area (Å²) >= 11 is 0. The van der Waals surface area contributed by atoms with E-state index in [-0.39, 0.29) is 5.66 Å². The van der Waals surface area contributed by atoms with E-state index < -0.39 is 0 Å². The van der Waals surface area contributed by atoms with Crippen molar-refractivity contribution in [2.75, 3.05) is 17.3 Å². The molecule has 0 radical (unpaired) electrons. The summed E-state index contributed by atoms with van der Waals surface area (Å²) in [6, 6.07) is 2.13. The Morgan fingerprint density at radius 2 is 2.13 bits per heavy atom. The third-order valence-corrected chi connectivity index (χ3v) is 3.47. The lowest BCUT2D eigenvalue weighted by molar-refractivity contribution is 0.502. The van der Waals surface area contributed by atoms with Gasteiger partial charge in [0.05, 0.1) is 5.69 Å². The number of aryl methyl sites for hydroxylation is 2. The molecule has 2 rings (SSSR count). The highest BCUT2D eigenvalue weighted by Crippen LogP contribution is 2.40. The van der Waals surface area contributed by atoms with E-state index >= 15 is 0 Å². The predicted molar refractivity (Wildman–Crippen MR) is 64.4 cm³/mol. The van der Waals surface area contributed by atoms with Crippen LogP contribution in [0.25, 0.3) is 0 Å². The number of anilines is 2. The van der Waals surface area contributed by atoms with E-state index in [1.165, 1.54) is 11.3 Å². The fourth-order valence-electron chi connectivity index (χ4n) is 2.13. The molecule has 0 fully saturated rings. The summed E-state index contributed by atoms with van der Waals surface area (Å²) in [5, 5.41) is 3.57. The molecule has 3 nitrogen and oxygen atoms in total. The van der Waals surface area contributed by atoms with Crippen molar-refractivity contribution in [2.45, 2.75) is 39.8 Å². The van der Waals surface area contributed by atoms with E-state index in [9.17, 15) is 0 Å². The molecule has 1 aliphatic heterocycles. The molecule has 3 heteroatoms. The van der Waals surface area contributed by atoms with Crippen LogP contribution in [0.4, 0.5) is 11.5 Å². The van der Waals surface area contributed by atoms with E-state index in [1.807, 2.05) is 6.92 Å². The number of nitrogens with zero attached hydrogens (tertiary/aromatic N) is 2. The minimum atomic E-state index is 0.00782. The summed E-state index contributed by atoms with van der Waals surface area (Å²) in [4.78, 5) is 6.84. The van der Waals surface area contributed by atoms with Gasteiger partial charge in [-0.15, -0.1) is 0 Å². The lowest BCUT2D eigenvalue weighted by Gasteiger charge is -2.32. The Hall–Kier alpha value is -1.25. The van der Waals surface area contributed by atoms with Crippen LogP contribution in [0.2, 0.25) is 0 Å². The zero-order valence-corrected chi connectivity index (χ0v) is 10.2. The second-order valence-corrected chi connectivity index (χ2v) is 4.59. The Kier molecular flexibility index (Phi) is 2.14. The maximum Gasteiger partial charge on any atom is 0.154 e. The molecule has 1 aromatic rings. The van der Waals surface area contributed by atoms with Crippen molar-refractivity contribution in [3.8, 4) is 0 Å². The first-order valence-corrected chi connectivity index (χ1v) is 5.48. The highest BCUT2D eigenvalue weighted by molar-refractivity contribution is 5.77. The van der Waals surface area contributed by atoms with E-state index in [0.29, 0.717) is 0 Å². The van der Waals surface area contributed by atoms with Gasteiger partial charge in [0.15, 0.2) is 5.82 Å². The molecule has 1 unspecified atom stereocenters. The van der Waals surface area contributed by atoms with Crippen LogP contribution in [0.15, 0.2) is 6.07 Å². The van der Waals surface area contributed by atoms with Gasteiger partial charge in [0, 0.05) is 12.7 Å². The van der Waals surface area contributed by atoms with Crippen LogP contribution in [0.1, 0.15) is 31.5 Å². The van der Waals surface area contributed by atoms with Crippen molar-refractivity contribution in [3.63, 3.8) is 0 Å². The summed E-state index contributed by atoms with van der Waals surface area (Å²) in [5.74, 6) is 1.08. The second-order valence-electron chi connectivity index (χ2n) is 4.59. The van der Waals surface area contributed by atoms with Crippen LogP contribution in [0, 0.1) is 13.8 Å².